The molecule has 0 fully saturated rings. The molecule has 0 N–H and O–H groups in total. The van der Waals surface area contributed by atoms with Crippen molar-refractivity contribution >= 4 is 17.5 Å². The summed E-state index contributed by atoms with van der Waals surface area (Å²) in [6.07, 6.45) is 4.51. The molecular formula is C18H15NO2. The maximum atomic E-state index is 11.6. The van der Waals surface area contributed by atoms with Crippen LogP contribution >= 0.6 is 0 Å². The number of imide groups is 1. The van der Waals surface area contributed by atoms with Crippen LogP contribution in [0.3, 0.4) is 0 Å². The van der Waals surface area contributed by atoms with Gasteiger partial charge < -0.3 is 0 Å². The van der Waals surface area contributed by atoms with Gasteiger partial charge in [-0.15, -0.1) is 0 Å². The van der Waals surface area contributed by atoms with Gasteiger partial charge in [-0.3, -0.25) is 9.59 Å². The van der Waals surface area contributed by atoms with Crippen molar-refractivity contribution in [1.29, 1.82) is 0 Å². The fraction of sp³-hybridized carbons (Fsp3) is 0.111. The van der Waals surface area contributed by atoms with Crippen LogP contribution in [0.15, 0.2) is 66.7 Å². The van der Waals surface area contributed by atoms with Gasteiger partial charge in [0.1, 0.15) is 0 Å². The van der Waals surface area contributed by atoms with E-state index in [1.807, 2.05) is 42.5 Å². The summed E-state index contributed by atoms with van der Waals surface area (Å²) >= 11 is 0. The van der Waals surface area contributed by atoms with Crippen molar-refractivity contribution in [2.75, 3.05) is 4.90 Å². The average Bonchev–Trinajstić information content (AvgIpc) is 2.86. The predicted molar refractivity (Wildman–Crippen MR) is 81.9 cm³/mol. The molecule has 0 saturated heterocycles. The van der Waals surface area contributed by atoms with E-state index in [2.05, 4.69) is 12.1 Å². The molecule has 0 aromatic heterocycles. The number of anilines is 1. The summed E-state index contributed by atoms with van der Waals surface area (Å²) in [5.41, 5.74) is 3.11. The van der Waals surface area contributed by atoms with E-state index in [0.29, 0.717) is 5.69 Å². The summed E-state index contributed by atoms with van der Waals surface area (Å²) in [6, 6.07) is 17.9. The Morgan fingerprint density at radius 2 is 1.19 bits per heavy atom. The minimum absolute atomic E-state index is 0.281. The number of hydrogen-bond acceptors (Lipinski definition) is 2. The van der Waals surface area contributed by atoms with Crippen LogP contribution in [-0.4, -0.2) is 11.8 Å². The molecule has 3 rings (SSSR count). The minimum Gasteiger partial charge on any atom is -0.269 e. The second-order valence-electron chi connectivity index (χ2n) is 5.00. The van der Waals surface area contributed by atoms with E-state index < -0.39 is 0 Å². The molecule has 21 heavy (non-hydrogen) atoms. The van der Waals surface area contributed by atoms with E-state index in [9.17, 15) is 9.59 Å². The average molecular weight is 277 g/mol. The molecule has 3 heteroatoms. The van der Waals surface area contributed by atoms with Crippen molar-refractivity contribution in [3.8, 4) is 0 Å². The fourth-order valence-electron chi connectivity index (χ4n) is 2.40. The molecule has 0 bridgehead atoms. The number of amides is 2. The van der Waals surface area contributed by atoms with Gasteiger partial charge in [0.25, 0.3) is 11.8 Å². The molecule has 1 heterocycles. The number of hydrogen-bond donors (Lipinski definition) is 0. The quantitative estimate of drug-likeness (QED) is 0.806. The number of nitrogens with zero attached hydrogens (tertiary/aromatic N) is 1. The highest BCUT2D eigenvalue weighted by molar-refractivity contribution is 6.28. The lowest BCUT2D eigenvalue weighted by atomic mass is 10.0. The van der Waals surface area contributed by atoms with Crippen LogP contribution in [0.1, 0.15) is 11.1 Å². The van der Waals surface area contributed by atoms with E-state index in [-0.39, 0.29) is 11.8 Å². The Kier molecular flexibility index (Phi) is 3.65. The van der Waals surface area contributed by atoms with Crippen molar-refractivity contribution in [3.05, 3.63) is 77.9 Å². The van der Waals surface area contributed by atoms with Gasteiger partial charge in [0.05, 0.1) is 5.69 Å². The van der Waals surface area contributed by atoms with Crippen molar-refractivity contribution in [2.24, 2.45) is 0 Å². The number of rotatable bonds is 4. The largest absolute Gasteiger partial charge is 0.269 e. The molecule has 0 atom stereocenters. The number of aryl methyl sites for hydroxylation is 2. The lowest BCUT2D eigenvalue weighted by Crippen LogP contribution is -2.29. The van der Waals surface area contributed by atoms with Gasteiger partial charge in [0.2, 0.25) is 0 Å². The van der Waals surface area contributed by atoms with Crippen LogP contribution in [0.2, 0.25) is 0 Å². The van der Waals surface area contributed by atoms with E-state index in [1.54, 1.807) is 0 Å². The van der Waals surface area contributed by atoms with Gasteiger partial charge in [-0.2, -0.15) is 0 Å². The van der Waals surface area contributed by atoms with Crippen LogP contribution in [0.25, 0.3) is 0 Å². The summed E-state index contributed by atoms with van der Waals surface area (Å²) in [7, 11) is 0. The first kappa shape index (κ1) is 13.3. The summed E-state index contributed by atoms with van der Waals surface area (Å²) in [5, 5.41) is 0. The van der Waals surface area contributed by atoms with Crippen molar-refractivity contribution in [3.63, 3.8) is 0 Å². The zero-order valence-corrected chi connectivity index (χ0v) is 11.5. The van der Waals surface area contributed by atoms with Crippen LogP contribution in [0.5, 0.6) is 0 Å². The van der Waals surface area contributed by atoms with Gasteiger partial charge in [-0.25, -0.2) is 4.90 Å². The molecular weight excluding hydrogens is 262 g/mol. The van der Waals surface area contributed by atoms with E-state index >= 15 is 0 Å². The van der Waals surface area contributed by atoms with Crippen LogP contribution in [-0.2, 0) is 22.4 Å². The SMILES string of the molecule is O=C1C=CC(=O)N1c1ccc(CCc2ccccc2)cc1. The molecule has 104 valence electrons. The number of carbonyl (C=O) groups is 2. The van der Waals surface area contributed by atoms with Gasteiger partial charge in [-0.1, -0.05) is 42.5 Å². The van der Waals surface area contributed by atoms with Gasteiger partial charge in [0.15, 0.2) is 0 Å². The molecule has 0 saturated carbocycles. The topological polar surface area (TPSA) is 37.4 Å². The molecule has 2 amide bonds. The summed E-state index contributed by atoms with van der Waals surface area (Å²) in [6.45, 7) is 0. The number of carbonyl (C=O) groups excluding carboxylic acids is 2. The second kappa shape index (κ2) is 5.75. The highest BCUT2D eigenvalue weighted by atomic mass is 16.2. The van der Waals surface area contributed by atoms with Gasteiger partial charge in [-0.05, 0) is 36.1 Å². The van der Waals surface area contributed by atoms with E-state index in [0.717, 1.165) is 12.8 Å². The normalized spacial score (nSPS) is 14.0. The maximum Gasteiger partial charge on any atom is 0.258 e. The lowest BCUT2D eigenvalue weighted by molar-refractivity contribution is -0.119. The van der Waals surface area contributed by atoms with Crippen LogP contribution < -0.4 is 4.90 Å². The van der Waals surface area contributed by atoms with Crippen molar-refractivity contribution in [1.82, 2.24) is 0 Å². The molecule has 0 spiro atoms. The Morgan fingerprint density at radius 3 is 1.76 bits per heavy atom. The molecule has 0 radical (unpaired) electrons. The third-order valence-corrected chi connectivity index (χ3v) is 3.55. The highest BCUT2D eigenvalue weighted by Gasteiger charge is 2.24. The zero-order chi connectivity index (χ0) is 14.7. The maximum absolute atomic E-state index is 11.6. The highest BCUT2D eigenvalue weighted by Crippen LogP contribution is 2.20. The Morgan fingerprint density at radius 1 is 0.667 bits per heavy atom. The standard InChI is InChI=1S/C18H15NO2/c20-17-12-13-18(21)19(17)16-10-8-15(9-11-16)7-6-14-4-2-1-3-5-14/h1-5,8-13H,6-7H2. The molecule has 2 aromatic carbocycles. The first-order valence-corrected chi connectivity index (χ1v) is 6.93. The third-order valence-electron chi connectivity index (χ3n) is 3.55. The van der Waals surface area contributed by atoms with Crippen LogP contribution in [0, 0.1) is 0 Å². The molecule has 3 nitrogen and oxygen atoms in total. The van der Waals surface area contributed by atoms with Gasteiger partial charge in [0, 0.05) is 12.2 Å². The Hall–Kier alpha value is -2.68. The molecule has 0 aliphatic carbocycles. The minimum atomic E-state index is -0.281. The smallest absolute Gasteiger partial charge is 0.258 e. The first-order valence-electron chi connectivity index (χ1n) is 6.93. The predicted octanol–water partition coefficient (Wildman–Crippen LogP) is 2.90. The molecule has 1 aliphatic rings. The van der Waals surface area contributed by atoms with Crippen LogP contribution in [0.4, 0.5) is 5.69 Å². The molecule has 0 unspecified atom stereocenters. The summed E-state index contributed by atoms with van der Waals surface area (Å²) < 4.78 is 0. The summed E-state index contributed by atoms with van der Waals surface area (Å²) in [4.78, 5) is 24.4. The van der Waals surface area contributed by atoms with E-state index in [1.165, 1.54) is 28.2 Å². The molecule has 2 aromatic rings. The van der Waals surface area contributed by atoms with Gasteiger partial charge >= 0.3 is 0 Å². The van der Waals surface area contributed by atoms with E-state index in [4.69, 9.17) is 0 Å². The Labute approximate surface area is 123 Å². The second-order valence-corrected chi connectivity index (χ2v) is 5.00. The molecule has 1 aliphatic heterocycles. The monoisotopic (exact) mass is 277 g/mol. The third kappa shape index (κ3) is 2.92. The fourth-order valence-corrected chi connectivity index (χ4v) is 2.40. The summed E-state index contributed by atoms with van der Waals surface area (Å²) in [5.74, 6) is -0.561. The zero-order valence-electron chi connectivity index (χ0n) is 11.5. The Balaban J connectivity index is 1.67. The first-order chi connectivity index (χ1) is 10.2. The Bertz CT molecular complexity index is 669. The number of benzene rings is 2. The lowest BCUT2D eigenvalue weighted by Gasteiger charge is -2.14. The van der Waals surface area contributed by atoms with Crippen molar-refractivity contribution < 1.29 is 9.59 Å². The van der Waals surface area contributed by atoms with Crippen molar-refractivity contribution in [2.45, 2.75) is 12.8 Å².